The minimum Gasteiger partial charge on any atom is -0.344 e. The number of fused-ring (bicyclic) bond motifs is 2. The molecule has 0 radical (unpaired) electrons. The maximum atomic E-state index is 11.3. The fourth-order valence-electron chi connectivity index (χ4n) is 4.24. The van der Waals surface area contributed by atoms with Gasteiger partial charge in [0, 0.05) is 36.0 Å². The summed E-state index contributed by atoms with van der Waals surface area (Å²) >= 11 is 12.5. The molecule has 5 rings (SSSR count). The quantitative estimate of drug-likeness (QED) is 0.296. The number of nitrogens with zero attached hydrogens (tertiary/aromatic N) is 5. The monoisotopic (exact) mass is 468 g/mol. The van der Waals surface area contributed by atoms with Gasteiger partial charge in [-0.2, -0.15) is 5.10 Å². The highest BCUT2D eigenvalue weighted by molar-refractivity contribution is 6.42. The molecule has 3 heterocycles. The molecule has 1 aliphatic heterocycles. The first-order chi connectivity index (χ1) is 15.4. The van der Waals surface area contributed by atoms with Crippen molar-refractivity contribution in [2.75, 3.05) is 5.32 Å². The van der Waals surface area contributed by atoms with Crippen LogP contribution in [0.3, 0.4) is 0 Å². The Balaban J connectivity index is 1.77. The molecule has 1 unspecified atom stereocenters. The first-order valence-electron chi connectivity index (χ1n) is 10.00. The van der Waals surface area contributed by atoms with Crippen LogP contribution in [0.1, 0.15) is 31.3 Å². The van der Waals surface area contributed by atoms with Crippen LogP contribution in [0.2, 0.25) is 10.0 Å². The van der Waals surface area contributed by atoms with E-state index in [9.17, 15) is 10.1 Å². The van der Waals surface area contributed by atoms with Crippen LogP contribution in [0.25, 0.3) is 16.6 Å². The molecule has 4 aromatic rings. The van der Waals surface area contributed by atoms with E-state index in [2.05, 4.69) is 15.0 Å². The molecular weight excluding hydrogens is 451 g/mol. The highest BCUT2D eigenvalue weighted by Gasteiger charge is 2.33. The summed E-state index contributed by atoms with van der Waals surface area (Å²) in [5.41, 5.74) is 4.12. The molecule has 1 N–H and O–H groups in total. The Labute approximate surface area is 193 Å². The van der Waals surface area contributed by atoms with Gasteiger partial charge in [-0.25, -0.2) is 9.67 Å². The van der Waals surface area contributed by atoms with Crippen LogP contribution < -0.4 is 5.32 Å². The van der Waals surface area contributed by atoms with Gasteiger partial charge >= 0.3 is 0 Å². The Bertz CT molecular complexity index is 1420. The van der Waals surface area contributed by atoms with Gasteiger partial charge < -0.3 is 9.88 Å². The number of nitro groups is 1. The number of halogens is 2. The first kappa shape index (κ1) is 20.5. The van der Waals surface area contributed by atoms with Gasteiger partial charge in [0.15, 0.2) is 0 Å². The number of non-ortho nitro benzene ring substituents is 1. The molecule has 0 saturated heterocycles. The minimum absolute atomic E-state index is 0.00710. The second-order valence-corrected chi connectivity index (χ2v) is 8.32. The van der Waals surface area contributed by atoms with E-state index in [0.29, 0.717) is 27.9 Å². The molecule has 2 aromatic heterocycles. The topological polar surface area (TPSA) is 90.8 Å². The van der Waals surface area contributed by atoms with Gasteiger partial charge in [0.2, 0.25) is 0 Å². The van der Waals surface area contributed by atoms with Crippen molar-refractivity contribution in [3.63, 3.8) is 0 Å². The number of aromatic nitrogens is 4. The molecule has 0 amide bonds. The molecule has 8 nitrogen and oxygen atoms in total. The zero-order valence-electron chi connectivity index (χ0n) is 17.2. The maximum absolute atomic E-state index is 11.3. The summed E-state index contributed by atoms with van der Waals surface area (Å²) in [5, 5.41) is 20.1. The summed E-state index contributed by atoms with van der Waals surface area (Å²) in [7, 11) is 0. The molecule has 0 bridgehead atoms. The highest BCUT2D eigenvalue weighted by Crippen LogP contribution is 2.42. The van der Waals surface area contributed by atoms with Crippen molar-refractivity contribution in [2.45, 2.75) is 26.4 Å². The van der Waals surface area contributed by atoms with Gasteiger partial charge in [0.05, 0.1) is 32.2 Å². The van der Waals surface area contributed by atoms with Crippen molar-refractivity contribution in [3.05, 3.63) is 85.9 Å². The third kappa shape index (κ3) is 3.14. The van der Waals surface area contributed by atoms with Gasteiger partial charge in [0.25, 0.3) is 5.69 Å². The number of rotatable bonds is 4. The van der Waals surface area contributed by atoms with Crippen molar-refractivity contribution < 1.29 is 4.92 Å². The van der Waals surface area contributed by atoms with Crippen LogP contribution in [0, 0.1) is 10.1 Å². The average Bonchev–Trinajstić information content (AvgIpc) is 3.37. The average molecular weight is 469 g/mol. The molecule has 10 heteroatoms. The molecule has 0 saturated carbocycles. The Kier molecular flexibility index (Phi) is 4.91. The lowest BCUT2D eigenvalue weighted by molar-refractivity contribution is -0.384. The summed E-state index contributed by atoms with van der Waals surface area (Å²) < 4.78 is 3.93. The number of hydrogen-bond donors (Lipinski definition) is 1. The predicted molar refractivity (Wildman–Crippen MR) is 125 cm³/mol. The van der Waals surface area contributed by atoms with E-state index in [0.717, 1.165) is 28.2 Å². The fraction of sp³-hybridized carbons (Fsp3) is 0.182. The lowest BCUT2D eigenvalue weighted by Gasteiger charge is -2.30. The summed E-state index contributed by atoms with van der Waals surface area (Å²) in [6.45, 7) is 4.64. The van der Waals surface area contributed by atoms with E-state index in [-0.39, 0.29) is 11.7 Å². The van der Waals surface area contributed by atoms with Crippen molar-refractivity contribution >= 4 is 51.3 Å². The van der Waals surface area contributed by atoms with Crippen LogP contribution in [-0.2, 0) is 6.54 Å². The normalized spacial score (nSPS) is 15.7. The van der Waals surface area contributed by atoms with Crippen LogP contribution in [0.15, 0.2) is 54.4 Å². The van der Waals surface area contributed by atoms with Crippen LogP contribution >= 0.6 is 23.2 Å². The predicted octanol–water partition coefficient (Wildman–Crippen LogP) is 5.91. The Morgan fingerprint density at radius 1 is 1.16 bits per heavy atom. The summed E-state index contributed by atoms with van der Waals surface area (Å²) in [6.07, 6.45) is 1.73. The van der Waals surface area contributed by atoms with Gasteiger partial charge in [0.1, 0.15) is 17.7 Å². The number of allylic oxidation sites excluding steroid dienone is 2. The van der Waals surface area contributed by atoms with Crippen molar-refractivity contribution in [1.82, 2.24) is 19.3 Å². The zero-order valence-corrected chi connectivity index (χ0v) is 18.7. The summed E-state index contributed by atoms with van der Waals surface area (Å²) in [4.78, 5) is 15.7. The number of aryl methyl sites for hydroxylation is 1. The molecule has 2 aromatic carbocycles. The largest absolute Gasteiger partial charge is 0.344 e. The Morgan fingerprint density at radius 2 is 1.97 bits per heavy atom. The second-order valence-electron chi connectivity index (χ2n) is 7.51. The number of benzene rings is 2. The Morgan fingerprint density at radius 3 is 2.69 bits per heavy atom. The van der Waals surface area contributed by atoms with Gasteiger partial charge in [-0.3, -0.25) is 10.1 Å². The SMILES string of the molecule is CCn1c(C2=C(C)Nc3ccnn3C2c2ccc(Cl)c(Cl)c2)nc2cc([N+](=O)[O-])ccc21. The van der Waals surface area contributed by atoms with Gasteiger partial charge in [-0.05, 0) is 37.6 Å². The van der Waals surface area contributed by atoms with E-state index in [4.69, 9.17) is 28.2 Å². The van der Waals surface area contributed by atoms with E-state index in [1.807, 2.05) is 36.7 Å². The lowest BCUT2D eigenvalue weighted by atomic mass is 9.95. The standard InChI is InChI=1S/C22H18Cl2N6O2/c1-3-28-18-7-5-14(30(31)32)11-17(18)27-22(28)20-12(2)26-19-8-9-25-29(19)21(20)13-4-6-15(23)16(24)10-13/h4-11,21,26H,3H2,1-2H3. The van der Waals surface area contributed by atoms with E-state index < -0.39 is 4.92 Å². The first-order valence-corrected chi connectivity index (χ1v) is 10.8. The molecule has 1 aliphatic rings. The van der Waals surface area contributed by atoms with E-state index >= 15 is 0 Å². The number of nitro benzene ring substituents is 1. The fourth-order valence-corrected chi connectivity index (χ4v) is 4.55. The third-order valence-electron chi connectivity index (χ3n) is 5.67. The molecule has 1 atom stereocenters. The number of hydrogen-bond acceptors (Lipinski definition) is 5. The highest BCUT2D eigenvalue weighted by atomic mass is 35.5. The molecule has 162 valence electrons. The molecule has 0 spiro atoms. The molecule has 0 fully saturated rings. The molecular formula is C22H18Cl2N6O2. The Hall–Kier alpha value is -3.36. The van der Waals surface area contributed by atoms with E-state index in [1.165, 1.54) is 12.1 Å². The summed E-state index contributed by atoms with van der Waals surface area (Å²) in [5.74, 6) is 1.56. The van der Waals surface area contributed by atoms with Crippen LogP contribution in [0.4, 0.5) is 11.5 Å². The van der Waals surface area contributed by atoms with Gasteiger partial charge in [-0.15, -0.1) is 0 Å². The maximum Gasteiger partial charge on any atom is 0.271 e. The lowest BCUT2D eigenvalue weighted by Crippen LogP contribution is -2.25. The number of imidazole rings is 1. The minimum atomic E-state index is -0.411. The van der Waals surface area contributed by atoms with Gasteiger partial charge in [-0.1, -0.05) is 29.3 Å². The zero-order chi connectivity index (χ0) is 22.6. The third-order valence-corrected chi connectivity index (χ3v) is 6.41. The second kappa shape index (κ2) is 7.65. The van der Waals surface area contributed by atoms with Crippen LogP contribution in [-0.4, -0.2) is 24.3 Å². The van der Waals surface area contributed by atoms with Crippen LogP contribution in [0.5, 0.6) is 0 Å². The smallest absolute Gasteiger partial charge is 0.271 e. The number of anilines is 1. The van der Waals surface area contributed by atoms with Crippen molar-refractivity contribution in [1.29, 1.82) is 0 Å². The summed E-state index contributed by atoms with van der Waals surface area (Å²) in [6, 6.07) is 11.9. The van der Waals surface area contributed by atoms with Crippen molar-refractivity contribution in [2.24, 2.45) is 0 Å². The molecule has 32 heavy (non-hydrogen) atoms. The van der Waals surface area contributed by atoms with Crippen molar-refractivity contribution in [3.8, 4) is 0 Å². The van der Waals surface area contributed by atoms with E-state index in [1.54, 1.807) is 18.3 Å². The molecule has 0 aliphatic carbocycles. The number of nitrogens with one attached hydrogen (secondary N) is 1.